The summed E-state index contributed by atoms with van der Waals surface area (Å²) in [6.45, 7) is 1.17. The van der Waals surface area contributed by atoms with Gasteiger partial charge in [-0.2, -0.15) is 0 Å². The summed E-state index contributed by atoms with van der Waals surface area (Å²) in [5, 5.41) is 0. The van der Waals surface area contributed by atoms with Gasteiger partial charge in [-0.15, -0.1) is 0 Å². The van der Waals surface area contributed by atoms with Crippen molar-refractivity contribution in [2.24, 2.45) is 0 Å². The summed E-state index contributed by atoms with van der Waals surface area (Å²) in [5.74, 6) is 0.545. The van der Waals surface area contributed by atoms with Crippen molar-refractivity contribution in [2.45, 2.75) is 13.1 Å². The molecule has 0 spiro atoms. The van der Waals surface area contributed by atoms with Crippen molar-refractivity contribution >= 4 is 5.91 Å². The van der Waals surface area contributed by atoms with Gasteiger partial charge in [0.25, 0.3) is 0 Å². The molecule has 0 aliphatic carbocycles. The molecule has 0 aromatic heterocycles. The molecule has 0 saturated carbocycles. The number of hydrogen-bond donors (Lipinski definition) is 0. The number of halogens is 1. The lowest BCUT2D eigenvalue weighted by Crippen LogP contribution is -2.36. The van der Waals surface area contributed by atoms with Crippen LogP contribution in [0.2, 0.25) is 0 Å². The van der Waals surface area contributed by atoms with E-state index in [1.54, 1.807) is 31.2 Å². The minimum atomic E-state index is -0.405. The summed E-state index contributed by atoms with van der Waals surface area (Å²) >= 11 is 0. The Balaban J connectivity index is 1.92. The van der Waals surface area contributed by atoms with Gasteiger partial charge in [0.15, 0.2) is 11.6 Å². The maximum atomic E-state index is 13.8. The molecule has 0 heterocycles. The average molecular weight is 360 g/mol. The largest absolute Gasteiger partial charge is 0.496 e. The molecule has 6 heteroatoms. The molecule has 5 nitrogen and oxygen atoms in total. The van der Waals surface area contributed by atoms with Gasteiger partial charge < -0.3 is 14.4 Å². The third-order valence-corrected chi connectivity index (χ3v) is 4.10. The Morgan fingerprint density at radius 3 is 2.35 bits per heavy atom. The van der Waals surface area contributed by atoms with Gasteiger partial charge in [0.05, 0.1) is 20.8 Å². The molecule has 2 aromatic rings. The first kappa shape index (κ1) is 19.7. The number of benzene rings is 2. The number of ether oxygens (including phenoxy) is 2. The topological polar surface area (TPSA) is 42.0 Å². The fourth-order valence-electron chi connectivity index (χ4n) is 2.70. The molecule has 0 aliphatic rings. The molecule has 2 rings (SSSR count). The molecular weight excluding hydrogens is 335 g/mol. The molecule has 1 amide bonds. The number of amides is 1. The third kappa shape index (κ3) is 5.20. The first-order chi connectivity index (χ1) is 12.4. The molecule has 0 saturated heterocycles. The molecule has 0 unspecified atom stereocenters. The molecule has 0 radical (unpaired) electrons. The highest BCUT2D eigenvalue weighted by atomic mass is 19.1. The number of likely N-dealkylation sites (N-methyl/N-ethyl adjacent to an activating group) is 2. The summed E-state index contributed by atoms with van der Waals surface area (Å²) in [7, 11) is 6.63. The number of carbonyl (C=O) groups is 1. The second-order valence-corrected chi connectivity index (χ2v) is 6.20. The Morgan fingerprint density at radius 1 is 1.00 bits per heavy atom. The first-order valence-electron chi connectivity index (χ1n) is 8.31. The van der Waals surface area contributed by atoms with Crippen LogP contribution in [0.25, 0.3) is 0 Å². The second kappa shape index (κ2) is 9.20. The third-order valence-electron chi connectivity index (χ3n) is 4.10. The number of nitrogens with zero attached hydrogens (tertiary/aromatic N) is 2. The monoisotopic (exact) mass is 360 g/mol. The van der Waals surface area contributed by atoms with Crippen LogP contribution in [0.5, 0.6) is 11.5 Å². The van der Waals surface area contributed by atoms with Gasteiger partial charge in [-0.25, -0.2) is 4.39 Å². The second-order valence-electron chi connectivity index (χ2n) is 6.20. The van der Waals surface area contributed by atoms with Crippen LogP contribution in [-0.2, 0) is 17.9 Å². The van der Waals surface area contributed by atoms with Gasteiger partial charge in [0.1, 0.15) is 5.75 Å². The molecule has 0 atom stereocenters. The van der Waals surface area contributed by atoms with E-state index in [0.29, 0.717) is 13.1 Å². The predicted octanol–water partition coefficient (Wildman–Crippen LogP) is 2.93. The molecule has 140 valence electrons. The molecular formula is C20H25FN2O3. The summed E-state index contributed by atoms with van der Waals surface area (Å²) < 4.78 is 24.0. The van der Waals surface area contributed by atoms with Crippen LogP contribution in [0.15, 0.2) is 42.5 Å². The summed E-state index contributed by atoms with van der Waals surface area (Å²) in [6.07, 6.45) is 0. The number of rotatable bonds is 8. The Morgan fingerprint density at radius 2 is 1.69 bits per heavy atom. The molecule has 0 aliphatic heterocycles. The number of para-hydroxylation sites is 1. The van der Waals surface area contributed by atoms with Crippen LogP contribution in [0.3, 0.4) is 0 Å². The number of carbonyl (C=O) groups excluding carboxylic acids is 1. The van der Waals surface area contributed by atoms with Gasteiger partial charge in [0, 0.05) is 25.7 Å². The fraction of sp³-hybridized carbons (Fsp3) is 0.350. The predicted molar refractivity (Wildman–Crippen MR) is 98.8 cm³/mol. The van der Waals surface area contributed by atoms with Crippen LogP contribution in [0.4, 0.5) is 4.39 Å². The summed E-state index contributed by atoms with van der Waals surface area (Å²) in [4.78, 5) is 16.0. The highest BCUT2D eigenvalue weighted by molar-refractivity contribution is 5.78. The zero-order chi connectivity index (χ0) is 19.1. The van der Waals surface area contributed by atoms with E-state index in [2.05, 4.69) is 0 Å². The van der Waals surface area contributed by atoms with Crippen molar-refractivity contribution in [1.29, 1.82) is 0 Å². The van der Waals surface area contributed by atoms with E-state index in [0.717, 1.165) is 16.9 Å². The molecule has 0 fully saturated rings. The maximum absolute atomic E-state index is 13.8. The Bertz CT molecular complexity index is 752. The normalized spacial score (nSPS) is 10.7. The number of methoxy groups -OCH3 is 2. The minimum absolute atomic E-state index is 0.0209. The van der Waals surface area contributed by atoms with E-state index in [-0.39, 0.29) is 18.2 Å². The average Bonchev–Trinajstić information content (AvgIpc) is 2.62. The molecule has 26 heavy (non-hydrogen) atoms. The van der Waals surface area contributed by atoms with Crippen molar-refractivity contribution in [2.75, 3.05) is 34.9 Å². The van der Waals surface area contributed by atoms with E-state index in [9.17, 15) is 9.18 Å². The Kier molecular flexibility index (Phi) is 6.97. The minimum Gasteiger partial charge on any atom is -0.496 e. The number of hydrogen-bond acceptors (Lipinski definition) is 4. The zero-order valence-electron chi connectivity index (χ0n) is 15.7. The lowest BCUT2D eigenvalue weighted by Gasteiger charge is -2.23. The quantitative estimate of drug-likeness (QED) is 0.726. The maximum Gasteiger partial charge on any atom is 0.236 e. The summed E-state index contributed by atoms with van der Waals surface area (Å²) in [5.41, 5.74) is 1.73. The zero-order valence-corrected chi connectivity index (χ0v) is 15.7. The standard InChI is InChI=1S/C20H25FN2O3/c1-22(12-15-9-10-19(26-4)17(21)11-15)14-20(24)23(2)13-16-7-5-6-8-18(16)25-3/h5-11H,12-14H2,1-4H3. The van der Waals surface area contributed by atoms with Crippen LogP contribution in [-0.4, -0.2) is 50.6 Å². The Labute approximate surface area is 153 Å². The van der Waals surface area contributed by atoms with Gasteiger partial charge in [-0.05, 0) is 30.8 Å². The van der Waals surface area contributed by atoms with E-state index in [4.69, 9.17) is 9.47 Å². The van der Waals surface area contributed by atoms with Gasteiger partial charge in [0.2, 0.25) is 5.91 Å². The van der Waals surface area contributed by atoms with E-state index in [1.807, 2.05) is 36.2 Å². The fourth-order valence-corrected chi connectivity index (χ4v) is 2.70. The smallest absolute Gasteiger partial charge is 0.236 e. The summed E-state index contributed by atoms with van der Waals surface area (Å²) in [6, 6.07) is 12.4. The van der Waals surface area contributed by atoms with E-state index >= 15 is 0 Å². The van der Waals surface area contributed by atoms with Crippen LogP contribution < -0.4 is 9.47 Å². The van der Waals surface area contributed by atoms with Crippen molar-refractivity contribution in [1.82, 2.24) is 9.80 Å². The van der Waals surface area contributed by atoms with Crippen LogP contribution >= 0.6 is 0 Å². The highest BCUT2D eigenvalue weighted by Gasteiger charge is 2.15. The Hall–Kier alpha value is -2.60. The van der Waals surface area contributed by atoms with Crippen LogP contribution in [0.1, 0.15) is 11.1 Å². The van der Waals surface area contributed by atoms with Crippen molar-refractivity contribution < 1.29 is 18.7 Å². The van der Waals surface area contributed by atoms with Crippen LogP contribution in [0, 0.1) is 5.82 Å². The van der Waals surface area contributed by atoms with Gasteiger partial charge >= 0.3 is 0 Å². The first-order valence-corrected chi connectivity index (χ1v) is 8.31. The van der Waals surface area contributed by atoms with Crippen molar-refractivity contribution in [3.8, 4) is 11.5 Å². The van der Waals surface area contributed by atoms with Gasteiger partial charge in [-0.3, -0.25) is 9.69 Å². The molecule has 0 bridgehead atoms. The lowest BCUT2D eigenvalue weighted by molar-refractivity contribution is -0.131. The van der Waals surface area contributed by atoms with E-state index < -0.39 is 5.82 Å². The van der Waals surface area contributed by atoms with Crippen molar-refractivity contribution in [3.05, 3.63) is 59.4 Å². The molecule has 0 N–H and O–H groups in total. The van der Waals surface area contributed by atoms with Gasteiger partial charge in [-0.1, -0.05) is 24.3 Å². The SMILES string of the molecule is COc1ccc(CN(C)CC(=O)N(C)Cc2ccccc2OC)cc1F. The van der Waals surface area contributed by atoms with E-state index in [1.165, 1.54) is 13.2 Å². The highest BCUT2D eigenvalue weighted by Crippen LogP contribution is 2.20. The molecule has 2 aromatic carbocycles. The lowest BCUT2D eigenvalue weighted by atomic mass is 10.2. The van der Waals surface area contributed by atoms with Crippen molar-refractivity contribution in [3.63, 3.8) is 0 Å².